The highest BCUT2D eigenvalue weighted by Gasteiger charge is 2.39. The van der Waals surface area contributed by atoms with Gasteiger partial charge in [0.2, 0.25) is 5.91 Å². The van der Waals surface area contributed by atoms with Crippen LogP contribution in [0, 0.1) is 6.92 Å². The molecule has 0 spiro atoms. The number of aryl methyl sites for hydroxylation is 1. The third-order valence-electron chi connectivity index (χ3n) is 4.86. The molecule has 0 aliphatic carbocycles. The number of carbonyl (C=O) groups excluding carboxylic acids is 2. The van der Waals surface area contributed by atoms with E-state index in [9.17, 15) is 9.59 Å². The van der Waals surface area contributed by atoms with Gasteiger partial charge in [-0.05, 0) is 36.3 Å². The largest absolute Gasteiger partial charge is 0.489 e. The van der Waals surface area contributed by atoms with Gasteiger partial charge in [0.25, 0.3) is 5.91 Å². The number of para-hydroxylation sites is 2. The molecule has 0 radical (unpaired) electrons. The molecule has 2 heterocycles. The summed E-state index contributed by atoms with van der Waals surface area (Å²) in [5, 5.41) is 2.97. The normalized spacial score (nSPS) is 16.7. The van der Waals surface area contributed by atoms with Gasteiger partial charge in [-0.15, -0.1) is 0 Å². The van der Waals surface area contributed by atoms with Crippen LogP contribution in [0.25, 0.3) is 6.08 Å². The third-order valence-corrected chi connectivity index (χ3v) is 4.86. The molecule has 0 bridgehead atoms. The van der Waals surface area contributed by atoms with Crippen molar-refractivity contribution in [3.8, 4) is 5.75 Å². The molecule has 26 heavy (non-hydrogen) atoms. The van der Waals surface area contributed by atoms with Crippen LogP contribution in [0.2, 0.25) is 0 Å². The molecular formula is C21H20N2O3. The zero-order valence-corrected chi connectivity index (χ0v) is 14.6. The van der Waals surface area contributed by atoms with E-state index in [2.05, 4.69) is 5.32 Å². The molecule has 5 nitrogen and oxygen atoms in total. The lowest BCUT2D eigenvalue weighted by Gasteiger charge is -2.39. The first-order valence-electron chi connectivity index (χ1n) is 8.72. The minimum Gasteiger partial charge on any atom is -0.489 e. The number of anilines is 1. The van der Waals surface area contributed by atoms with Crippen molar-refractivity contribution in [2.45, 2.75) is 19.4 Å². The molecule has 2 aliphatic heterocycles. The van der Waals surface area contributed by atoms with Crippen LogP contribution in [-0.2, 0) is 9.59 Å². The summed E-state index contributed by atoms with van der Waals surface area (Å²) in [4.78, 5) is 26.7. The van der Waals surface area contributed by atoms with Crippen molar-refractivity contribution in [2.75, 3.05) is 18.5 Å². The Bertz CT molecular complexity index is 904. The Hall–Kier alpha value is -3.08. The summed E-state index contributed by atoms with van der Waals surface area (Å²) in [6, 6.07) is 14.7. The van der Waals surface area contributed by atoms with Gasteiger partial charge in [0.15, 0.2) is 0 Å². The number of likely N-dealkylation sites (tertiary alicyclic amines) is 1. The van der Waals surface area contributed by atoms with Crippen molar-refractivity contribution in [1.82, 2.24) is 4.90 Å². The Morgan fingerprint density at radius 1 is 1.15 bits per heavy atom. The molecule has 2 aromatic rings. The van der Waals surface area contributed by atoms with Crippen LogP contribution in [0.15, 0.2) is 54.1 Å². The minimum absolute atomic E-state index is 0.00491. The summed E-state index contributed by atoms with van der Waals surface area (Å²) in [7, 11) is 0. The highest BCUT2D eigenvalue weighted by molar-refractivity contribution is 6.01. The maximum absolute atomic E-state index is 13.1. The number of benzene rings is 2. The van der Waals surface area contributed by atoms with E-state index in [1.165, 1.54) is 0 Å². The van der Waals surface area contributed by atoms with E-state index < -0.39 is 6.04 Å². The summed E-state index contributed by atoms with van der Waals surface area (Å²) in [6.45, 7) is 2.83. The lowest BCUT2D eigenvalue weighted by molar-refractivity contribution is -0.145. The van der Waals surface area contributed by atoms with Gasteiger partial charge in [-0.2, -0.15) is 0 Å². The number of β-lactam (4-membered cyclic amide) rings is 1. The Labute approximate surface area is 152 Å². The van der Waals surface area contributed by atoms with Gasteiger partial charge in [-0.25, -0.2) is 0 Å². The number of rotatable bonds is 4. The fourth-order valence-electron chi connectivity index (χ4n) is 3.32. The Morgan fingerprint density at radius 3 is 2.65 bits per heavy atom. The average molecular weight is 348 g/mol. The van der Waals surface area contributed by atoms with E-state index in [0.717, 1.165) is 28.1 Å². The fraction of sp³-hybridized carbons (Fsp3) is 0.238. The zero-order chi connectivity index (χ0) is 18.1. The number of amides is 2. The highest BCUT2D eigenvalue weighted by atomic mass is 16.5. The number of carbonyl (C=O) groups is 2. The van der Waals surface area contributed by atoms with Gasteiger partial charge in [0.05, 0.1) is 0 Å². The van der Waals surface area contributed by atoms with Crippen molar-refractivity contribution in [3.63, 3.8) is 0 Å². The van der Waals surface area contributed by atoms with Crippen LogP contribution in [0.5, 0.6) is 5.75 Å². The lowest BCUT2D eigenvalue weighted by atomic mass is 9.96. The topological polar surface area (TPSA) is 58.6 Å². The van der Waals surface area contributed by atoms with E-state index in [4.69, 9.17) is 4.74 Å². The van der Waals surface area contributed by atoms with Gasteiger partial charge in [-0.1, -0.05) is 36.4 Å². The first-order valence-corrected chi connectivity index (χ1v) is 8.72. The first-order chi connectivity index (χ1) is 12.6. The maximum atomic E-state index is 13.1. The Kier molecular flexibility index (Phi) is 4.21. The minimum atomic E-state index is -0.649. The molecule has 2 aliphatic rings. The predicted octanol–water partition coefficient (Wildman–Crippen LogP) is 3.01. The molecule has 1 fully saturated rings. The highest BCUT2D eigenvalue weighted by Crippen LogP contribution is 2.30. The second kappa shape index (κ2) is 6.67. The molecule has 1 unspecified atom stereocenters. The summed E-state index contributed by atoms with van der Waals surface area (Å²) in [5.74, 6) is 0.584. The molecule has 1 atom stereocenters. The molecule has 0 aromatic heterocycles. The van der Waals surface area contributed by atoms with E-state index in [0.29, 0.717) is 19.6 Å². The zero-order valence-electron chi connectivity index (χ0n) is 14.6. The molecule has 2 amide bonds. The number of nitrogens with one attached hydrogen (secondary N) is 1. The number of nitrogens with zero attached hydrogens (tertiary/aromatic N) is 1. The van der Waals surface area contributed by atoms with Crippen molar-refractivity contribution >= 4 is 23.6 Å². The summed E-state index contributed by atoms with van der Waals surface area (Å²) in [5.41, 5.74) is 3.46. The van der Waals surface area contributed by atoms with Crippen LogP contribution in [-0.4, -0.2) is 35.9 Å². The van der Waals surface area contributed by atoms with E-state index >= 15 is 0 Å². The first kappa shape index (κ1) is 16.4. The number of hydrogen-bond donors (Lipinski definition) is 1. The molecule has 0 saturated carbocycles. The monoisotopic (exact) mass is 348 g/mol. The quantitative estimate of drug-likeness (QED) is 0.864. The molecule has 4 rings (SSSR count). The van der Waals surface area contributed by atoms with Crippen molar-refractivity contribution in [1.29, 1.82) is 0 Å². The Morgan fingerprint density at radius 2 is 1.92 bits per heavy atom. The molecule has 132 valence electrons. The van der Waals surface area contributed by atoms with Crippen molar-refractivity contribution in [2.24, 2.45) is 0 Å². The second-order valence-electron chi connectivity index (χ2n) is 6.59. The van der Waals surface area contributed by atoms with E-state index in [1.807, 2.05) is 61.5 Å². The van der Waals surface area contributed by atoms with Crippen LogP contribution < -0.4 is 10.1 Å². The van der Waals surface area contributed by atoms with E-state index in [-0.39, 0.29) is 11.8 Å². The smallest absolute Gasteiger partial charge is 0.251 e. The summed E-state index contributed by atoms with van der Waals surface area (Å²) >= 11 is 0. The SMILES string of the molecule is Cc1ccccc1NC(=O)C(C1=Cc2ccccc2OC1)N1CCC1=O. The maximum Gasteiger partial charge on any atom is 0.251 e. The number of hydrogen-bond acceptors (Lipinski definition) is 3. The number of ether oxygens (including phenoxy) is 1. The molecule has 1 saturated heterocycles. The predicted molar refractivity (Wildman–Crippen MR) is 99.8 cm³/mol. The van der Waals surface area contributed by atoms with Gasteiger partial charge < -0.3 is 15.0 Å². The second-order valence-corrected chi connectivity index (χ2v) is 6.59. The van der Waals surface area contributed by atoms with Gasteiger partial charge in [0.1, 0.15) is 18.4 Å². The standard InChI is InChI=1S/C21H20N2O3/c1-14-6-2-4-8-17(14)22-21(25)20(23-11-10-19(23)24)16-12-15-7-3-5-9-18(15)26-13-16/h2-9,12,20H,10-11,13H2,1H3,(H,22,25). The van der Waals surface area contributed by atoms with Crippen molar-refractivity contribution in [3.05, 3.63) is 65.2 Å². The lowest BCUT2D eigenvalue weighted by Crippen LogP contribution is -2.56. The summed E-state index contributed by atoms with van der Waals surface area (Å²) < 4.78 is 5.81. The Balaban J connectivity index is 1.65. The van der Waals surface area contributed by atoms with Gasteiger partial charge in [0, 0.05) is 24.2 Å². The van der Waals surface area contributed by atoms with Crippen LogP contribution in [0.1, 0.15) is 17.5 Å². The van der Waals surface area contributed by atoms with E-state index in [1.54, 1.807) is 4.90 Å². The summed E-state index contributed by atoms with van der Waals surface area (Å²) in [6.07, 6.45) is 2.45. The van der Waals surface area contributed by atoms with Crippen molar-refractivity contribution < 1.29 is 14.3 Å². The molecule has 2 aromatic carbocycles. The van der Waals surface area contributed by atoms with Crippen LogP contribution in [0.4, 0.5) is 5.69 Å². The van der Waals surface area contributed by atoms with Gasteiger partial charge in [-0.3, -0.25) is 9.59 Å². The molecular weight excluding hydrogens is 328 g/mol. The molecule has 1 N–H and O–H groups in total. The number of fused-ring (bicyclic) bond motifs is 1. The third kappa shape index (κ3) is 2.96. The van der Waals surface area contributed by atoms with Crippen LogP contribution >= 0.6 is 0 Å². The molecule has 5 heteroatoms. The van der Waals surface area contributed by atoms with Gasteiger partial charge >= 0.3 is 0 Å². The van der Waals surface area contributed by atoms with Crippen LogP contribution in [0.3, 0.4) is 0 Å². The fourth-order valence-corrected chi connectivity index (χ4v) is 3.32. The average Bonchev–Trinajstić information content (AvgIpc) is 2.66.